The Labute approximate surface area is 120 Å². The maximum absolute atomic E-state index is 13.0. The number of carbonyl (C=O) groups excluding carboxylic acids is 1. The Morgan fingerprint density at radius 2 is 1.25 bits per heavy atom. The summed E-state index contributed by atoms with van der Waals surface area (Å²) in [5.41, 5.74) is 0. The van der Waals surface area contributed by atoms with Crippen molar-refractivity contribution in [3.8, 4) is 0 Å². The van der Waals surface area contributed by atoms with Crippen LogP contribution in [0.2, 0.25) is 0 Å². The molecule has 2 aliphatic carbocycles. The summed E-state index contributed by atoms with van der Waals surface area (Å²) >= 11 is 0. The van der Waals surface area contributed by atoms with Gasteiger partial charge < -0.3 is 19.3 Å². The lowest BCUT2D eigenvalue weighted by Gasteiger charge is -2.43. The number of rotatable bonds is 2. The first-order valence-corrected chi connectivity index (χ1v) is 8.07. The molecule has 0 aromatic rings. The van der Waals surface area contributed by atoms with Gasteiger partial charge in [-0.2, -0.15) is 0 Å². The SMILES string of the molecule is O=C(N1CCOC[C@@H]1C1CC1)N1CCOC[C@@H]1C1CC1. The van der Waals surface area contributed by atoms with E-state index in [9.17, 15) is 4.79 Å². The van der Waals surface area contributed by atoms with Crippen molar-refractivity contribution >= 4 is 6.03 Å². The van der Waals surface area contributed by atoms with Crippen LogP contribution in [0.25, 0.3) is 0 Å². The van der Waals surface area contributed by atoms with E-state index >= 15 is 0 Å². The highest BCUT2D eigenvalue weighted by molar-refractivity contribution is 5.75. The summed E-state index contributed by atoms with van der Waals surface area (Å²) in [7, 11) is 0. The Balaban J connectivity index is 1.48. The van der Waals surface area contributed by atoms with Gasteiger partial charge in [-0.05, 0) is 37.5 Å². The van der Waals surface area contributed by atoms with Crippen LogP contribution in [0, 0.1) is 11.8 Å². The molecule has 0 N–H and O–H groups in total. The number of nitrogens with zero attached hydrogens (tertiary/aromatic N) is 2. The number of carbonyl (C=O) groups is 1. The molecule has 0 radical (unpaired) electrons. The fourth-order valence-corrected chi connectivity index (χ4v) is 3.63. The lowest BCUT2D eigenvalue weighted by Crippen LogP contribution is -2.59. The van der Waals surface area contributed by atoms with Crippen molar-refractivity contribution in [2.45, 2.75) is 37.8 Å². The van der Waals surface area contributed by atoms with Crippen molar-refractivity contribution in [2.75, 3.05) is 39.5 Å². The molecule has 2 heterocycles. The number of morpholine rings is 2. The summed E-state index contributed by atoms with van der Waals surface area (Å²) in [4.78, 5) is 17.2. The van der Waals surface area contributed by atoms with E-state index in [1.165, 1.54) is 25.7 Å². The van der Waals surface area contributed by atoms with Crippen molar-refractivity contribution in [3.63, 3.8) is 0 Å². The second kappa shape index (κ2) is 5.19. The summed E-state index contributed by atoms with van der Waals surface area (Å²) in [5.74, 6) is 1.36. The quantitative estimate of drug-likeness (QED) is 0.766. The summed E-state index contributed by atoms with van der Waals surface area (Å²) in [6, 6.07) is 0.878. The van der Waals surface area contributed by atoms with E-state index in [-0.39, 0.29) is 6.03 Å². The first-order valence-electron chi connectivity index (χ1n) is 8.07. The second-order valence-corrected chi connectivity index (χ2v) is 6.63. The number of urea groups is 1. The van der Waals surface area contributed by atoms with Crippen LogP contribution in [0.4, 0.5) is 4.79 Å². The number of hydrogen-bond acceptors (Lipinski definition) is 3. The van der Waals surface area contributed by atoms with Crippen molar-refractivity contribution in [1.29, 1.82) is 0 Å². The Morgan fingerprint density at radius 1 is 0.800 bits per heavy atom. The Hall–Kier alpha value is -0.810. The van der Waals surface area contributed by atoms with Crippen LogP contribution in [-0.4, -0.2) is 67.4 Å². The molecule has 4 rings (SSSR count). The van der Waals surface area contributed by atoms with Gasteiger partial charge in [0.15, 0.2) is 0 Å². The predicted molar refractivity (Wildman–Crippen MR) is 73.5 cm³/mol. The molecule has 2 saturated heterocycles. The molecule has 2 aliphatic heterocycles. The summed E-state index contributed by atoms with van der Waals surface area (Å²) in [6.45, 7) is 4.36. The third-order valence-corrected chi connectivity index (χ3v) is 5.15. The Kier molecular flexibility index (Phi) is 3.34. The molecule has 0 aromatic carbocycles. The average molecular weight is 280 g/mol. The van der Waals surface area contributed by atoms with Gasteiger partial charge in [-0.3, -0.25) is 0 Å². The largest absolute Gasteiger partial charge is 0.377 e. The van der Waals surface area contributed by atoms with E-state index in [0.29, 0.717) is 37.1 Å². The van der Waals surface area contributed by atoms with Crippen LogP contribution in [0.1, 0.15) is 25.7 Å². The van der Waals surface area contributed by atoms with Crippen molar-refractivity contribution in [2.24, 2.45) is 11.8 Å². The third-order valence-electron chi connectivity index (χ3n) is 5.15. The smallest absolute Gasteiger partial charge is 0.320 e. The predicted octanol–water partition coefficient (Wildman–Crippen LogP) is 1.33. The first kappa shape index (κ1) is 12.9. The van der Waals surface area contributed by atoms with Crippen LogP contribution in [0.5, 0.6) is 0 Å². The molecule has 20 heavy (non-hydrogen) atoms. The van der Waals surface area contributed by atoms with Crippen molar-refractivity contribution < 1.29 is 14.3 Å². The third kappa shape index (κ3) is 2.42. The summed E-state index contributed by atoms with van der Waals surface area (Å²) < 4.78 is 11.2. The molecule has 2 atom stereocenters. The maximum atomic E-state index is 13.0. The van der Waals surface area contributed by atoms with Crippen LogP contribution < -0.4 is 0 Å². The Bertz CT molecular complexity index is 347. The molecule has 2 saturated carbocycles. The van der Waals surface area contributed by atoms with Crippen LogP contribution >= 0.6 is 0 Å². The number of ether oxygens (including phenoxy) is 2. The number of hydrogen-bond donors (Lipinski definition) is 0. The monoisotopic (exact) mass is 280 g/mol. The maximum Gasteiger partial charge on any atom is 0.320 e. The van der Waals surface area contributed by atoms with Gasteiger partial charge in [-0.15, -0.1) is 0 Å². The second-order valence-electron chi connectivity index (χ2n) is 6.63. The van der Waals surface area contributed by atoms with E-state index in [2.05, 4.69) is 9.80 Å². The van der Waals surface area contributed by atoms with Gasteiger partial charge >= 0.3 is 6.03 Å². The van der Waals surface area contributed by atoms with Crippen LogP contribution in [0.15, 0.2) is 0 Å². The minimum atomic E-state index is 0.241. The molecule has 5 nitrogen and oxygen atoms in total. The minimum Gasteiger partial charge on any atom is -0.377 e. The lowest BCUT2D eigenvalue weighted by atomic mass is 10.1. The molecule has 0 aromatic heterocycles. The van der Waals surface area contributed by atoms with Gasteiger partial charge in [-0.1, -0.05) is 0 Å². The van der Waals surface area contributed by atoms with Crippen molar-refractivity contribution in [3.05, 3.63) is 0 Å². The van der Waals surface area contributed by atoms with E-state index in [4.69, 9.17) is 9.47 Å². The fourth-order valence-electron chi connectivity index (χ4n) is 3.63. The standard InChI is InChI=1S/C15H24N2O3/c18-15(16-5-7-19-9-13(16)11-1-2-11)17-6-8-20-10-14(17)12-3-4-12/h11-14H,1-10H2/t13-,14-/m1/s1. The van der Waals surface area contributed by atoms with E-state index in [1.807, 2.05) is 0 Å². The van der Waals surface area contributed by atoms with Gasteiger partial charge in [0.05, 0.1) is 38.5 Å². The van der Waals surface area contributed by atoms with Crippen molar-refractivity contribution in [1.82, 2.24) is 9.80 Å². The van der Waals surface area contributed by atoms with Crippen LogP contribution in [0.3, 0.4) is 0 Å². The molecule has 0 bridgehead atoms. The van der Waals surface area contributed by atoms with Gasteiger partial charge in [-0.25, -0.2) is 4.79 Å². The molecular weight excluding hydrogens is 256 g/mol. The normalized spacial score (nSPS) is 35.2. The van der Waals surface area contributed by atoms with Gasteiger partial charge in [0.25, 0.3) is 0 Å². The summed E-state index contributed by atoms with van der Waals surface area (Å²) in [5, 5.41) is 0. The molecule has 4 aliphatic rings. The highest BCUT2D eigenvalue weighted by Gasteiger charge is 2.44. The first-order chi connectivity index (χ1) is 9.84. The van der Waals surface area contributed by atoms with Crippen LogP contribution in [-0.2, 0) is 9.47 Å². The highest BCUT2D eigenvalue weighted by atomic mass is 16.5. The lowest BCUT2D eigenvalue weighted by molar-refractivity contribution is -0.0327. The topological polar surface area (TPSA) is 42.0 Å². The zero-order chi connectivity index (χ0) is 13.5. The van der Waals surface area contributed by atoms with Gasteiger partial charge in [0.2, 0.25) is 0 Å². The molecule has 0 spiro atoms. The fraction of sp³-hybridized carbons (Fsp3) is 0.933. The molecule has 5 heteroatoms. The molecule has 112 valence electrons. The average Bonchev–Trinajstić information content (AvgIpc) is 3.40. The van der Waals surface area contributed by atoms with Gasteiger partial charge in [0, 0.05) is 13.1 Å². The molecule has 2 amide bonds. The highest BCUT2D eigenvalue weighted by Crippen LogP contribution is 2.39. The minimum absolute atomic E-state index is 0.241. The Morgan fingerprint density at radius 3 is 1.65 bits per heavy atom. The molecule has 0 unspecified atom stereocenters. The van der Waals surface area contributed by atoms with E-state index in [0.717, 1.165) is 26.3 Å². The van der Waals surface area contributed by atoms with E-state index in [1.54, 1.807) is 0 Å². The summed E-state index contributed by atoms with van der Waals surface area (Å²) in [6.07, 6.45) is 5.03. The zero-order valence-electron chi connectivity index (χ0n) is 12.0. The van der Waals surface area contributed by atoms with E-state index < -0.39 is 0 Å². The number of amides is 2. The molecule has 4 fully saturated rings. The molecular formula is C15H24N2O3. The van der Waals surface area contributed by atoms with Gasteiger partial charge in [0.1, 0.15) is 0 Å². The zero-order valence-corrected chi connectivity index (χ0v) is 12.0.